The summed E-state index contributed by atoms with van der Waals surface area (Å²) in [6.07, 6.45) is 3.61. The van der Waals surface area contributed by atoms with Crippen LogP contribution in [0.3, 0.4) is 0 Å². The number of nitrogens with two attached hydrogens (primary N) is 1. The van der Waals surface area contributed by atoms with Gasteiger partial charge in [0.1, 0.15) is 0 Å². The minimum Gasteiger partial charge on any atom is -0.370 e. The molecule has 1 aliphatic carbocycles. The molecule has 0 bridgehead atoms. The molecule has 16 heavy (non-hydrogen) atoms. The van der Waals surface area contributed by atoms with E-state index in [9.17, 15) is 0 Å². The number of aryl methyl sites for hydroxylation is 1. The van der Waals surface area contributed by atoms with E-state index in [4.69, 9.17) is 5.73 Å². The summed E-state index contributed by atoms with van der Waals surface area (Å²) in [4.78, 5) is 9.24. The smallest absolute Gasteiger partial charge is 0.191 e. The minimum atomic E-state index is 0.637. The van der Waals surface area contributed by atoms with Crippen LogP contribution in [0.25, 0.3) is 0 Å². The average molecular weight is 237 g/mol. The Labute approximate surface area is 101 Å². The van der Waals surface area contributed by atoms with Crippen LogP contribution in [0, 0.1) is 0 Å². The lowest BCUT2D eigenvalue weighted by atomic mass is 10.4. The van der Waals surface area contributed by atoms with Crippen molar-refractivity contribution in [1.29, 1.82) is 0 Å². The van der Waals surface area contributed by atoms with Crippen LogP contribution >= 0.6 is 11.3 Å². The first-order valence-electron chi connectivity index (χ1n) is 5.81. The minimum absolute atomic E-state index is 0.637. The molecule has 2 N–H and O–H groups in total. The maximum Gasteiger partial charge on any atom is 0.191 e. The molecule has 0 radical (unpaired) electrons. The molecular weight excluding hydrogens is 218 g/mol. The second kappa shape index (κ2) is 4.87. The third-order valence-corrected chi connectivity index (χ3v) is 4.13. The first-order chi connectivity index (χ1) is 7.70. The summed E-state index contributed by atoms with van der Waals surface area (Å²) in [6, 6.07) is 4.96. The summed E-state index contributed by atoms with van der Waals surface area (Å²) >= 11 is 1.83. The quantitative estimate of drug-likeness (QED) is 0.644. The predicted octanol–water partition coefficient (Wildman–Crippen LogP) is 2.22. The molecule has 1 aromatic rings. The molecule has 1 aromatic heterocycles. The van der Waals surface area contributed by atoms with Gasteiger partial charge in [0.25, 0.3) is 0 Å². The van der Waals surface area contributed by atoms with Crippen molar-refractivity contribution in [1.82, 2.24) is 4.90 Å². The van der Waals surface area contributed by atoms with Crippen LogP contribution in [0.4, 0.5) is 0 Å². The molecule has 3 nitrogen and oxygen atoms in total. The molecule has 1 saturated carbocycles. The lowest BCUT2D eigenvalue weighted by Crippen LogP contribution is -2.35. The van der Waals surface area contributed by atoms with Crippen molar-refractivity contribution in [2.75, 3.05) is 7.05 Å². The largest absolute Gasteiger partial charge is 0.370 e. The summed E-state index contributed by atoms with van der Waals surface area (Å²) in [6.45, 7) is 2.89. The van der Waals surface area contributed by atoms with Crippen molar-refractivity contribution < 1.29 is 0 Å². The predicted molar refractivity (Wildman–Crippen MR) is 69.8 cm³/mol. The Balaban J connectivity index is 1.91. The van der Waals surface area contributed by atoms with Gasteiger partial charge in [-0.05, 0) is 31.4 Å². The van der Waals surface area contributed by atoms with E-state index in [0.29, 0.717) is 18.5 Å². The van der Waals surface area contributed by atoms with Crippen LogP contribution in [-0.2, 0) is 13.0 Å². The zero-order valence-corrected chi connectivity index (χ0v) is 10.8. The molecule has 2 rings (SSSR count). The highest BCUT2D eigenvalue weighted by Crippen LogP contribution is 2.25. The standard InChI is InChI=1S/C12H19N3S/c1-3-10-6-7-11(16-10)8-14-12(13)15(2)9-4-5-9/h6-7,9H,3-5,8H2,1-2H3,(H2,13,14). The third kappa shape index (κ3) is 2.76. The number of aliphatic imine (C=N–C) groups is 1. The Hall–Kier alpha value is -1.03. The number of thiophene rings is 1. The van der Waals surface area contributed by atoms with E-state index in [0.717, 1.165) is 6.42 Å². The van der Waals surface area contributed by atoms with E-state index in [1.807, 2.05) is 18.4 Å². The maximum absolute atomic E-state index is 5.93. The van der Waals surface area contributed by atoms with Gasteiger partial charge >= 0.3 is 0 Å². The van der Waals surface area contributed by atoms with Gasteiger partial charge in [0.2, 0.25) is 0 Å². The van der Waals surface area contributed by atoms with Gasteiger partial charge < -0.3 is 10.6 Å². The molecule has 0 aliphatic heterocycles. The summed E-state index contributed by atoms with van der Waals surface area (Å²) < 4.78 is 0. The Bertz CT molecular complexity index is 379. The lowest BCUT2D eigenvalue weighted by molar-refractivity contribution is 0.487. The van der Waals surface area contributed by atoms with Crippen LogP contribution < -0.4 is 5.73 Å². The maximum atomic E-state index is 5.93. The Kier molecular flexibility index (Phi) is 3.49. The van der Waals surface area contributed by atoms with E-state index < -0.39 is 0 Å². The van der Waals surface area contributed by atoms with E-state index >= 15 is 0 Å². The van der Waals surface area contributed by atoms with E-state index in [1.54, 1.807) is 0 Å². The summed E-state index contributed by atoms with van der Waals surface area (Å²) in [5.74, 6) is 0.675. The molecule has 88 valence electrons. The van der Waals surface area contributed by atoms with Crippen molar-refractivity contribution in [3.05, 3.63) is 21.9 Å². The van der Waals surface area contributed by atoms with Crippen molar-refractivity contribution >= 4 is 17.3 Å². The highest BCUT2D eigenvalue weighted by atomic mass is 32.1. The molecule has 1 heterocycles. The first kappa shape index (κ1) is 11.5. The van der Waals surface area contributed by atoms with Gasteiger partial charge in [0.05, 0.1) is 6.54 Å². The molecule has 0 saturated heterocycles. The fraction of sp³-hybridized carbons (Fsp3) is 0.583. The zero-order valence-electron chi connectivity index (χ0n) is 9.94. The molecule has 4 heteroatoms. The number of rotatable bonds is 4. The number of nitrogens with zero attached hydrogens (tertiary/aromatic N) is 2. The van der Waals surface area contributed by atoms with Crippen LogP contribution in [0.1, 0.15) is 29.5 Å². The molecule has 0 amide bonds. The number of hydrogen-bond acceptors (Lipinski definition) is 2. The van der Waals surface area contributed by atoms with Crippen molar-refractivity contribution in [2.24, 2.45) is 10.7 Å². The Morgan fingerprint density at radius 2 is 2.19 bits per heavy atom. The normalized spacial score (nSPS) is 16.5. The lowest BCUT2D eigenvalue weighted by Gasteiger charge is -2.16. The van der Waals surface area contributed by atoms with Gasteiger partial charge in [-0.1, -0.05) is 6.92 Å². The van der Waals surface area contributed by atoms with Gasteiger partial charge in [0, 0.05) is 22.8 Å². The number of hydrogen-bond donors (Lipinski definition) is 1. The summed E-state index contributed by atoms with van der Waals surface area (Å²) in [5, 5.41) is 0. The Morgan fingerprint density at radius 1 is 1.50 bits per heavy atom. The molecule has 0 aromatic carbocycles. The molecular formula is C12H19N3S. The van der Waals surface area contributed by atoms with Gasteiger partial charge in [-0.25, -0.2) is 4.99 Å². The van der Waals surface area contributed by atoms with Gasteiger partial charge in [-0.15, -0.1) is 11.3 Å². The molecule has 1 aliphatic rings. The molecule has 0 unspecified atom stereocenters. The monoisotopic (exact) mass is 237 g/mol. The highest BCUT2D eigenvalue weighted by molar-refractivity contribution is 7.11. The first-order valence-corrected chi connectivity index (χ1v) is 6.62. The molecule has 1 fully saturated rings. The fourth-order valence-electron chi connectivity index (χ4n) is 1.62. The van der Waals surface area contributed by atoms with E-state index in [-0.39, 0.29) is 0 Å². The Morgan fingerprint density at radius 3 is 2.75 bits per heavy atom. The second-order valence-electron chi connectivity index (χ2n) is 4.24. The van der Waals surface area contributed by atoms with Crippen LogP contribution in [0.2, 0.25) is 0 Å². The van der Waals surface area contributed by atoms with Crippen LogP contribution in [-0.4, -0.2) is 23.9 Å². The van der Waals surface area contributed by atoms with Crippen molar-refractivity contribution in [3.63, 3.8) is 0 Å². The van der Waals surface area contributed by atoms with Crippen molar-refractivity contribution in [2.45, 2.75) is 38.8 Å². The van der Waals surface area contributed by atoms with E-state index in [2.05, 4.69) is 28.9 Å². The van der Waals surface area contributed by atoms with Crippen molar-refractivity contribution in [3.8, 4) is 0 Å². The highest BCUT2D eigenvalue weighted by Gasteiger charge is 2.27. The number of guanidine groups is 1. The SMILES string of the molecule is CCc1ccc(CN=C(N)N(C)C2CC2)s1. The molecule has 0 spiro atoms. The van der Waals surface area contributed by atoms with Crippen LogP contribution in [0.15, 0.2) is 17.1 Å². The topological polar surface area (TPSA) is 41.6 Å². The third-order valence-electron chi connectivity index (χ3n) is 2.92. The molecule has 0 atom stereocenters. The zero-order chi connectivity index (χ0) is 11.5. The van der Waals surface area contributed by atoms with Gasteiger partial charge in [-0.2, -0.15) is 0 Å². The van der Waals surface area contributed by atoms with Gasteiger partial charge in [0.15, 0.2) is 5.96 Å². The summed E-state index contributed by atoms with van der Waals surface area (Å²) in [5.41, 5.74) is 5.93. The fourth-order valence-corrected chi connectivity index (χ4v) is 2.50. The summed E-state index contributed by atoms with van der Waals surface area (Å²) in [7, 11) is 2.03. The van der Waals surface area contributed by atoms with E-state index in [1.165, 1.54) is 22.6 Å². The van der Waals surface area contributed by atoms with Crippen LogP contribution in [0.5, 0.6) is 0 Å². The van der Waals surface area contributed by atoms with Gasteiger partial charge in [-0.3, -0.25) is 0 Å². The average Bonchev–Trinajstić information content (AvgIpc) is 3.04. The second-order valence-corrected chi connectivity index (χ2v) is 5.49.